The van der Waals surface area contributed by atoms with Gasteiger partial charge in [-0.15, -0.1) is 11.8 Å². The summed E-state index contributed by atoms with van der Waals surface area (Å²) in [5.41, 5.74) is 4.48. The van der Waals surface area contributed by atoms with E-state index in [2.05, 4.69) is 82.4 Å². The standard InChI is InChI=1S/C28H45N3O2S/c1-9-30-24(7)22(5)23(6)27(16-29)20(3)12-10-11-19(2)13-14-28(33-18-32)21(4)15-26-17-34-25(8)31-26/h13,15,17-18,20,23-25,27-28,30-31H,5,9-12,14H2,1-4,6-8H3/b19-13-,21-15+. The number of allylic oxidation sites excluding steroid dienone is 2. The van der Waals surface area contributed by atoms with Crippen molar-refractivity contribution in [2.24, 2.45) is 17.8 Å². The number of carbonyl (C=O) groups excluding carboxylic acids is 1. The van der Waals surface area contributed by atoms with E-state index in [4.69, 9.17) is 4.74 Å². The minimum Gasteiger partial charge on any atom is -0.460 e. The van der Waals surface area contributed by atoms with E-state index in [1.807, 2.05) is 6.92 Å². The van der Waals surface area contributed by atoms with Crippen molar-refractivity contribution in [2.45, 2.75) is 91.7 Å². The van der Waals surface area contributed by atoms with Crippen molar-refractivity contribution < 1.29 is 9.53 Å². The molecule has 0 saturated heterocycles. The Morgan fingerprint density at radius 1 is 1.38 bits per heavy atom. The first kappa shape index (κ1) is 30.1. The summed E-state index contributed by atoms with van der Waals surface area (Å²) in [4.78, 5) is 11.0. The van der Waals surface area contributed by atoms with Gasteiger partial charge in [0.05, 0.1) is 17.4 Å². The highest BCUT2D eigenvalue weighted by Gasteiger charge is 2.27. The van der Waals surface area contributed by atoms with Gasteiger partial charge < -0.3 is 15.4 Å². The molecule has 0 aromatic heterocycles. The number of ether oxygens (including phenoxy) is 1. The molecule has 1 aliphatic heterocycles. The highest BCUT2D eigenvalue weighted by Crippen LogP contribution is 2.31. The Kier molecular flexibility index (Phi) is 14.0. The van der Waals surface area contributed by atoms with Crippen molar-refractivity contribution in [1.29, 1.82) is 5.26 Å². The molecule has 6 heteroatoms. The van der Waals surface area contributed by atoms with Crippen LogP contribution in [-0.2, 0) is 9.53 Å². The van der Waals surface area contributed by atoms with Crippen LogP contribution in [0.1, 0.15) is 74.1 Å². The summed E-state index contributed by atoms with van der Waals surface area (Å²) in [6.45, 7) is 20.5. The Bertz CT molecular complexity index is 796. The number of hydrogen-bond acceptors (Lipinski definition) is 6. The minimum atomic E-state index is -0.261. The monoisotopic (exact) mass is 487 g/mol. The summed E-state index contributed by atoms with van der Waals surface area (Å²) in [6, 6.07) is 2.76. The lowest BCUT2D eigenvalue weighted by atomic mass is 9.77. The van der Waals surface area contributed by atoms with E-state index in [1.54, 1.807) is 11.8 Å². The topological polar surface area (TPSA) is 74.1 Å². The molecule has 5 nitrogen and oxygen atoms in total. The van der Waals surface area contributed by atoms with Crippen LogP contribution in [0.2, 0.25) is 0 Å². The van der Waals surface area contributed by atoms with Gasteiger partial charge in [0, 0.05) is 18.2 Å². The number of thioether (sulfide) groups is 1. The van der Waals surface area contributed by atoms with Gasteiger partial charge in [0.25, 0.3) is 6.47 Å². The molecule has 0 aromatic rings. The number of rotatable bonds is 16. The van der Waals surface area contributed by atoms with E-state index in [9.17, 15) is 10.1 Å². The summed E-state index contributed by atoms with van der Waals surface area (Å²) >= 11 is 1.74. The van der Waals surface area contributed by atoms with Gasteiger partial charge in [-0.1, -0.05) is 44.6 Å². The molecule has 0 saturated carbocycles. The molecule has 1 heterocycles. The fourth-order valence-electron chi connectivity index (χ4n) is 4.39. The molecule has 1 rings (SSSR count). The van der Waals surface area contributed by atoms with Crippen LogP contribution >= 0.6 is 11.8 Å². The molecule has 1 aliphatic rings. The second-order valence-electron chi connectivity index (χ2n) is 9.56. The number of nitriles is 1. The fourth-order valence-corrected chi connectivity index (χ4v) is 5.09. The first-order valence-corrected chi connectivity index (χ1v) is 13.5. The number of carbonyl (C=O) groups is 1. The molecule has 0 bridgehead atoms. The average Bonchev–Trinajstić information content (AvgIpc) is 3.20. The first-order chi connectivity index (χ1) is 16.1. The number of likely N-dealkylation sites (N-methyl/N-ethyl adjacent to an activating group) is 1. The SMILES string of the molecule is C=C(C(C)NCC)C(C)C(C#N)C(C)CCC/C(C)=C\CC(OC=O)/C(C)=C/C1=CSC(C)N1. The number of nitrogens with one attached hydrogen (secondary N) is 2. The van der Waals surface area contributed by atoms with Gasteiger partial charge in [-0.3, -0.25) is 4.79 Å². The molecule has 190 valence electrons. The molecule has 6 unspecified atom stereocenters. The fraction of sp³-hybridized carbons (Fsp3) is 0.643. The van der Waals surface area contributed by atoms with Crippen molar-refractivity contribution in [3.8, 4) is 6.07 Å². The Hall–Kier alpha value is -1.97. The molecule has 0 aromatic carbocycles. The Labute approximate surface area is 212 Å². The van der Waals surface area contributed by atoms with Crippen LogP contribution in [0, 0.1) is 29.1 Å². The molecule has 0 fully saturated rings. The third-order valence-electron chi connectivity index (χ3n) is 6.74. The molecule has 0 aliphatic carbocycles. The zero-order valence-electron chi connectivity index (χ0n) is 22.2. The lowest BCUT2D eigenvalue weighted by Crippen LogP contribution is -2.32. The molecule has 0 spiro atoms. The minimum absolute atomic E-state index is 0.0320. The van der Waals surface area contributed by atoms with E-state index in [0.717, 1.165) is 42.7 Å². The molecule has 34 heavy (non-hydrogen) atoms. The normalized spacial score (nSPS) is 20.9. The lowest BCUT2D eigenvalue weighted by molar-refractivity contribution is -0.131. The van der Waals surface area contributed by atoms with E-state index in [-0.39, 0.29) is 24.0 Å². The molecular weight excluding hydrogens is 442 g/mol. The van der Waals surface area contributed by atoms with Gasteiger partial charge in [0.15, 0.2) is 0 Å². The van der Waals surface area contributed by atoms with Gasteiger partial charge >= 0.3 is 0 Å². The van der Waals surface area contributed by atoms with Gasteiger partial charge in [-0.2, -0.15) is 5.26 Å². The maximum absolute atomic E-state index is 11.0. The van der Waals surface area contributed by atoms with Gasteiger partial charge in [-0.05, 0) is 82.4 Å². The summed E-state index contributed by atoms with van der Waals surface area (Å²) < 4.78 is 5.36. The van der Waals surface area contributed by atoms with Crippen molar-refractivity contribution in [2.75, 3.05) is 6.54 Å². The van der Waals surface area contributed by atoms with Crippen molar-refractivity contribution in [1.82, 2.24) is 10.6 Å². The summed E-state index contributed by atoms with van der Waals surface area (Å²) in [5, 5.41) is 19.1. The molecule has 6 atom stereocenters. The van der Waals surface area contributed by atoms with Crippen LogP contribution in [0.4, 0.5) is 0 Å². The third-order valence-corrected chi connectivity index (χ3v) is 7.66. The highest BCUT2D eigenvalue weighted by molar-refractivity contribution is 8.02. The molecule has 2 N–H and O–H groups in total. The van der Waals surface area contributed by atoms with Crippen LogP contribution < -0.4 is 10.6 Å². The highest BCUT2D eigenvalue weighted by atomic mass is 32.2. The summed E-state index contributed by atoms with van der Waals surface area (Å²) in [7, 11) is 0. The first-order valence-electron chi connectivity index (χ1n) is 12.5. The largest absolute Gasteiger partial charge is 0.460 e. The van der Waals surface area contributed by atoms with E-state index in [0.29, 0.717) is 24.2 Å². The van der Waals surface area contributed by atoms with Crippen LogP contribution in [0.15, 0.2) is 46.6 Å². The Balaban J connectivity index is 2.60. The Morgan fingerprint density at radius 3 is 2.65 bits per heavy atom. The number of hydrogen-bond donors (Lipinski definition) is 2. The zero-order chi connectivity index (χ0) is 25.7. The van der Waals surface area contributed by atoms with Crippen LogP contribution in [0.25, 0.3) is 0 Å². The van der Waals surface area contributed by atoms with Gasteiger partial charge in [0.1, 0.15) is 6.10 Å². The van der Waals surface area contributed by atoms with Crippen molar-refractivity contribution >= 4 is 18.2 Å². The number of nitrogens with zero attached hydrogens (tertiary/aromatic N) is 1. The summed E-state index contributed by atoms with van der Waals surface area (Å²) in [6.07, 6.45) is 7.64. The predicted octanol–water partition coefficient (Wildman–Crippen LogP) is 6.47. The second-order valence-corrected chi connectivity index (χ2v) is 10.8. The smallest absolute Gasteiger partial charge is 0.293 e. The van der Waals surface area contributed by atoms with Gasteiger partial charge in [0.2, 0.25) is 0 Å². The quantitative estimate of drug-likeness (QED) is 0.192. The van der Waals surface area contributed by atoms with Crippen LogP contribution in [0.3, 0.4) is 0 Å². The Morgan fingerprint density at radius 2 is 2.09 bits per heavy atom. The molecule has 0 radical (unpaired) electrons. The molecular formula is C28H45N3O2S. The predicted molar refractivity (Wildman–Crippen MR) is 145 cm³/mol. The lowest BCUT2D eigenvalue weighted by Gasteiger charge is -2.29. The second kappa shape index (κ2) is 15.8. The maximum Gasteiger partial charge on any atom is 0.293 e. The van der Waals surface area contributed by atoms with Gasteiger partial charge in [-0.25, -0.2) is 0 Å². The van der Waals surface area contributed by atoms with Crippen molar-refractivity contribution in [3.63, 3.8) is 0 Å². The van der Waals surface area contributed by atoms with E-state index in [1.165, 1.54) is 5.57 Å². The van der Waals surface area contributed by atoms with E-state index < -0.39 is 0 Å². The molecule has 0 amide bonds. The van der Waals surface area contributed by atoms with Crippen LogP contribution in [0.5, 0.6) is 0 Å². The maximum atomic E-state index is 11.0. The van der Waals surface area contributed by atoms with Crippen LogP contribution in [-0.4, -0.2) is 30.5 Å². The third kappa shape index (κ3) is 10.1. The average molecular weight is 488 g/mol. The summed E-state index contributed by atoms with van der Waals surface area (Å²) in [5.74, 6) is 0.435. The zero-order valence-corrected chi connectivity index (χ0v) is 23.0. The van der Waals surface area contributed by atoms with Crippen molar-refractivity contribution in [3.05, 3.63) is 46.6 Å². The van der Waals surface area contributed by atoms with E-state index >= 15 is 0 Å².